The van der Waals surface area contributed by atoms with Crippen molar-refractivity contribution in [1.29, 1.82) is 0 Å². The van der Waals surface area contributed by atoms with Gasteiger partial charge in [-0.1, -0.05) is 84.0 Å². The van der Waals surface area contributed by atoms with Crippen LogP contribution in [0.5, 0.6) is 0 Å². The van der Waals surface area contributed by atoms with Gasteiger partial charge in [-0.15, -0.1) is 0 Å². The zero-order valence-electron chi connectivity index (χ0n) is 16.8. The van der Waals surface area contributed by atoms with Crippen molar-refractivity contribution < 1.29 is 47.6 Å². The second kappa shape index (κ2) is 18.2. The maximum Gasteiger partial charge on any atom is 1.00 e. The molecular weight excluding hydrogens is 347 g/mol. The summed E-state index contributed by atoms with van der Waals surface area (Å²) in [6, 6.07) is 0. The molecule has 0 amide bonds. The molecule has 0 aliphatic carbocycles. The van der Waals surface area contributed by atoms with E-state index in [-0.39, 0.29) is 35.7 Å². The van der Waals surface area contributed by atoms with E-state index in [1.165, 1.54) is 32.1 Å². The molecule has 0 aliphatic rings. The van der Waals surface area contributed by atoms with Crippen LogP contribution < -0.4 is 29.6 Å². The monoisotopic (exact) mass is 386 g/mol. The molecular formula is C19H39NaO4S. The molecule has 2 unspecified atom stereocenters. The molecule has 0 aromatic carbocycles. The molecule has 1 N–H and O–H groups in total. The Morgan fingerprint density at radius 3 is 1.48 bits per heavy atom. The number of aliphatic hydroxyl groups excluding tert-OH is 1. The third-order valence-electron chi connectivity index (χ3n) is 4.69. The Hall–Kier alpha value is 0.870. The van der Waals surface area contributed by atoms with Gasteiger partial charge in [-0.25, -0.2) is 8.42 Å². The van der Waals surface area contributed by atoms with E-state index in [9.17, 15) is 18.1 Å². The number of hydrogen-bond donors (Lipinski definition) is 1. The minimum Gasteiger partial charge on any atom is -0.748 e. The van der Waals surface area contributed by atoms with E-state index in [2.05, 4.69) is 6.92 Å². The summed E-state index contributed by atoms with van der Waals surface area (Å²) in [6.45, 7) is 3.99. The van der Waals surface area contributed by atoms with Crippen LogP contribution in [0.3, 0.4) is 0 Å². The number of hydrogen-bond acceptors (Lipinski definition) is 4. The number of rotatable bonds is 17. The minimum atomic E-state index is -4.17. The van der Waals surface area contributed by atoms with Crippen LogP contribution in [0, 0.1) is 0 Å². The van der Waals surface area contributed by atoms with E-state index in [1.54, 1.807) is 6.92 Å². The predicted molar refractivity (Wildman–Crippen MR) is 100 cm³/mol. The molecule has 0 fully saturated rings. The quantitative estimate of drug-likeness (QED) is 0.236. The Kier molecular flexibility index (Phi) is 20.5. The fourth-order valence-corrected chi connectivity index (χ4v) is 4.01. The smallest absolute Gasteiger partial charge is 0.748 e. The first-order valence-corrected chi connectivity index (χ1v) is 11.5. The van der Waals surface area contributed by atoms with Crippen LogP contribution in [0.15, 0.2) is 0 Å². The molecule has 0 rings (SSSR count). The SMILES string of the molecule is CCCCCCCCCCC(CCCCCCC(C)O)S(=O)(=O)[O-].[Na+]. The van der Waals surface area contributed by atoms with Gasteiger partial charge >= 0.3 is 29.6 Å². The average molecular weight is 387 g/mol. The molecule has 2 atom stereocenters. The molecule has 146 valence electrons. The van der Waals surface area contributed by atoms with Gasteiger partial charge in [-0.3, -0.25) is 0 Å². The molecule has 25 heavy (non-hydrogen) atoms. The molecule has 0 aliphatic heterocycles. The summed E-state index contributed by atoms with van der Waals surface area (Å²) in [6.07, 6.45) is 14.6. The second-order valence-corrected chi connectivity index (χ2v) is 8.87. The van der Waals surface area contributed by atoms with Crippen LogP contribution >= 0.6 is 0 Å². The minimum absolute atomic E-state index is 0. The Labute approximate surface area is 178 Å². The molecule has 0 aromatic rings. The Morgan fingerprint density at radius 2 is 1.12 bits per heavy atom. The third-order valence-corrected chi connectivity index (χ3v) is 5.97. The van der Waals surface area contributed by atoms with Gasteiger partial charge in [-0.2, -0.15) is 0 Å². The van der Waals surface area contributed by atoms with Crippen molar-refractivity contribution in [2.75, 3.05) is 0 Å². The first-order chi connectivity index (χ1) is 11.4. The maximum absolute atomic E-state index is 11.4. The van der Waals surface area contributed by atoms with Crippen molar-refractivity contribution in [1.82, 2.24) is 0 Å². The molecule has 0 heterocycles. The molecule has 4 nitrogen and oxygen atoms in total. The zero-order chi connectivity index (χ0) is 18.3. The van der Waals surface area contributed by atoms with Gasteiger partial charge in [0.1, 0.15) is 0 Å². The van der Waals surface area contributed by atoms with E-state index in [4.69, 9.17) is 0 Å². The molecule has 0 saturated heterocycles. The summed E-state index contributed by atoms with van der Waals surface area (Å²) < 4.78 is 34.2. The Bertz CT molecular complexity index is 372. The number of aliphatic hydroxyl groups is 1. The van der Waals surface area contributed by atoms with Crippen LogP contribution in [0.1, 0.15) is 110 Å². The van der Waals surface area contributed by atoms with Crippen LogP contribution in [0.4, 0.5) is 0 Å². The van der Waals surface area contributed by atoms with Crippen LogP contribution in [-0.4, -0.2) is 29.4 Å². The molecule has 6 heteroatoms. The summed E-state index contributed by atoms with van der Waals surface area (Å²) in [5.74, 6) is 0. The first kappa shape index (κ1) is 28.1. The molecule has 0 aromatic heterocycles. The van der Waals surface area contributed by atoms with Gasteiger partial charge in [0.15, 0.2) is 0 Å². The van der Waals surface area contributed by atoms with Gasteiger partial charge in [0, 0.05) is 5.25 Å². The molecule has 0 radical (unpaired) electrons. The van der Waals surface area contributed by atoms with Gasteiger partial charge in [0.25, 0.3) is 0 Å². The van der Waals surface area contributed by atoms with Crippen molar-refractivity contribution in [3.63, 3.8) is 0 Å². The van der Waals surface area contributed by atoms with E-state index in [0.717, 1.165) is 51.4 Å². The normalized spacial score (nSPS) is 14.1. The standard InChI is InChI=1S/C19H40O4S.Na/c1-3-4-5-6-7-8-9-13-16-19(24(21,22)23)17-14-11-10-12-15-18(2)20;/h18-20H,3-17H2,1-2H3,(H,21,22,23);/q;+1/p-1. The maximum atomic E-state index is 11.4. The van der Waals surface area contributed by atoms with Gasteiger partial charge < -0.3 is 9.66 Å². The third kappa shape index (κ3) is 19.4. The predicted octanol–water partition coefficient (Wildman–Crippen LogP) is 2.16. The topological polar surface area (TPSA) is 77.4 Å². The van der Waals surface area contributed by atoms with Gasteiger partial charge in [-0.05, 0) is 26.2 Å². The second-order valence-electron chi connectivity index (χ2n) is 7.22. The van der Waals surface area contributed by atoms with Crippen molar-refractivity contribution in [2.24, 2.45) is 0 Å². The van der Waals surface area contributed by atoms with Crippen LogP contribution in [0.25, 0.3) is 0 Å². The summed E-state index contributed by atoms with van der Waals surface area (Å²) in [7, 11) is -4.17. The van der Waals surface area contributed by atoms with E-state index >= 15 is 0 Å². The van der Waals surface area contributed by atoms with Gasteiger partial charge in [0.2, 0.25) is 0 Å². The largest absolute Gasteiger partial charge is 1.00 e. The summed E-state index contributed by atoms with van der Waals surface area (Å²) in [5.41, 5.74) is 0. The fourth-order valence-electron chi connectivity index (χ4n) is 3.10. The summed E-state index contributed by atoms with van der Waals surface area (Å²) >= 11 is 0. The van der Waals surface area contributed by atoms with E-state index in [1.807, 2.05) is 0 Å². The zero-order valence-corrected chi connectivity index (χ0v) is 19.7. The van der Waals surface area contributed by atoms with Crippen molar-refractivity contribution in [3.8, 4) is 0 Å². The average Bonchev–Trinajstić information content (AvgIpc) is 2.49. The number of unbranched alkanes of at least 4 members (excludes halogenated alkanes) is 10. The molecule has 0 spiro atoms. The van der Waals surface area contributed by atoms with Crippen LogP contribution in [-0.2, 0) is 10.1 Å². The fraction of sp³-hybridized carbons (Fsp3) is 1.00. The first-order valence-electron chi connectivity index (χ1n) is 10.0. The van der Waals surface area contributed by atoms with Crippen LogP contribution in [0.2, 0.25) is 0 Å². The Morgan fingerprint density at radius 1 is 0.760 bits per heavy atom. The van der Waals surface area contributed by atoms with Crippen molar-refractivity contribution in [2.45, 2.75) is 122 Å². The van der Waals surface area contributed by atoms with Crippen molar-refractivity contribution in [3.05, 3.63) is 0 Å². The summed E-state index contributed by atoms with van der Waals surface area (Å²) in [4.78, 5) is 0. The van der Waals surface area contributed by atoms with Crippen molar-refractivity contribution >= 4 is 10.1 Å². The molecule has 0 saturated carbocycles. The van der Waals surface area contributed by atoms with Gasteiger partial charge in [0.05, 0.1) is 16.2 Å². The summed E-state index contributed by atoms with van der Waals surface area (Å²) in [5, 5.41) is 8.48. The Balaban J connectivity index is 0. The molecule has 0 bridgehead atoms. The van der Waals surface area contributed by atoms with E-state index in [0.29, 0.717) is 12.8 Å². The van der Waals surface area contributed by atoms with E-state index < -0.39 is 15.4 Å².